The molecule has 1 aromatic heterocycles. The standard InChI is InChI=1S/C13H14ClN3O2S/c1-8-12(18)11(17-16-8)13(19)15-6-7-20-10-4-2-9(14)3-5-10/h2-5,18H,6-7H2,1H3,(H,15,19)(H,16,17). The molecular formula is C13H14ClN3O2S. The van der Waals surface area contributed by atoms with E-state index in [0.717, 1.165) is 10.6 Å². The van der Waals surface area contributed by atoms with E-state index >= 15 is 0 Å². The van der Waals surface area contributed by atoms with Gasteiger partial charge >= 0.3 is 0 Å². The fourth-order valence-electron chi connectivity index (χ4n) is 1.54. The molecule has 0 fully saturated rings. The van der Waals surface area contributed by atoms with Gasteiger partial charge in [-0.2, -0.15) is 5.10 Å². The molecule has 0 aliphatic heterocycles. The summed E-state index contributed by atoms with van der Waals surface area (Å²) >= 11 is 7.41. The number of carbonyl (C=O) groups is 1. The highest BCUT2D eigenvalue weighted by Crippen LogP contribution is 2.20. The maximum absolute atomic E-state index is 11.8. The first-order valence-corrected chi connectivity index (χ1v) is 7.35. The van der Waals surface area contributed by atoms with Gasteiger partial charge in [-0.25, -0.2) is 0 Å². The van der Waals surface area contributed by atoms with Gasteiger partial charge in [0.25, 0.3) is 5.91 Å². The van der Waals surface area contributed by atoms with Gasteiger partial charge in [-0.15, -0.1) is 11.8 Å². The molecule has 0 spiro atoms. The summed E-state index contributed by atoms with van der Waals surface area (Å²) in [6.45, 7) is 2.11. The number of aromatic nitrogens is 2. The van der Waals surface area contributed by atoms with Crippen molar-refractivity contribution in [1.82, 2.24) is 15.5 Å². The van der Waals surface area contributed by atoms with Crippen molar-refractivity contribution < 1.29 is 9.90 Å². The number of H-pyrrole nitrogens is 1. The minimum Gasteiger partial charge on any atom is -0.504 e. The lowest BCUT2D eigenvalue weighted by Crippen LogP contribution is -2.26. The van der Waals surface area contributed by atoms with Crippen LogP contribution in [0.25, 0.3) is 0 Å². The molecule has 0 bridgehead atoms. The molecule has 7 heteroatoms. The van der Waals surface area contributed by atoms with E-state index in [4.69, 9.17) is 11.6 Å². The Kier molecular flexibility index (Phi) is 4.92. The van der Waals surface area contributed by atoms with Gasteiger partial charge in [-0.05, 0) is 31.2 Å². The summed E-state index contributed by atoms with van der Waals surface area (Å²) in [7, 11) is 0. The van der Waals surface area contributed by atoms with E-state index in [1.807, 2.05) is 24.3 Å². The average molecular weight is 312 g/mol. The largest absolute Gasteiger partial charge is 0.504 e. The molecule has 1 aromatic carbocycles. The van der Waals surface area contributed by atoms with Crippen LogP contribution < -0.4 is 5.32 Å². The summed E-state index contributed by atoms with van der Waals surface area (Å²) < 4.78 is 0. The highest BCUT2D eigenvalue weighted by Gasteiger charge is 2.15. The Labute approximate surface area is 125 Å². The van der Waals surface area contributed by atoms with Gasteiger partial charge in [0.2, 0.25) is 0 Å². The van der Waals surface area contributed by atoms with Crippen molar-refractivity contribution in [2.45, 2.75) is 11.8 Å². The van der Waals surface area contributed by atoms with Crippen LogP contribution in [-0.2, 0) is 0 Å². The van der Waals surface area contributed by atoms with Gasteiger partial charge in [0.1, 0.15) is 5.69 Å². The lowest BCUT2D eigenvalue weighted by molar-refractivity contribution is 0.0948. The molecule has 2 rings (SSSR count). The number of rotatable bonds is 5. The van der Waals surface area contributed by atoms with E-state index in [9.17, 15) is 9.90 Å². The first-order chi connectivity index (χ1) is 9.58. The minimum absolute atomic E-state index is 0.0963. The zero-order chi connectivity index (χ0) is 14.5. The molecule has 0 radical (unpaired) electrons. The quantitative estimate of drug-likeness (QED) is 0.586. The number of hydrogen-bond donors (Lipinski definition) is 3. The first-order valence-electron chi connectivity index (χ1n) is 5.98. The Morgan fingerprint density at radius 1 is 1.45 bits per heavy atom. The zero-order valence-electron chi connectivity index (χ0n) is 10.8. The number of amides is 1. The molecule has 0 saturated carbocycles. The Morgan fingerprint density at radius 3 is 2.75 bits per heavy atom. The Bertz CT molecular complexity index is 598. The van der Waals surface area contributed by atoms with Crippen LogP contribution in [0.15, 0.2) is 29.2 Å². The predicted molar refractivity (Wildman–Crippen MR) is 79.5 cm³/mol. The normalized spacial score (nSPS) is 10.5. The van der Waals surface area contributed by atoms with Crippen molar-refractivity contribution in [1.29, 1.82) is 0 Å². The number of aromatic amines is 1. The number of benzene rings is 1. The van der Waals surface area contributed by atoms with Gasteiger partial charge in [-0.1, -0.05) is 11.6 Å². The molecule has 0 aliphatic carbocycles. The summed E-state index contributed by atoms with van der Waals surface area (Å²) in [5, 5.41) is 19.3. The van der Waals surface area contributed by atoms with E-state index in [-0.39, 0.29) is 17.4 Å². The van der Waals surface area contributed by atoms with Crippen LogP contribution in [0.3, 0.4) is 0 Å². The second-order valence-electron chi connectivity index (χ2n) is 4.09. The second-order valence-corrected chi connectivity index (χ2v) is 5.70. The molecule has 1 amide bonds. The fourth-order valence-corrected chi connectivity index (χ4v) is 2.43. The lowest BCUT2D eigenvalue weighted by Gasteiger charge is -2.04. The van der Waals surface area contributed by atoms with Crippen molar-refractivity contribution in [2.75, 3.05) is 12.3 Å². The summed E-state index contributed by atoms with van der Waals surface area (Å²) in [6, 6.07) is 7.51. The maximum atomic E-state index is 11.8. The number of carbonyl (C=O) groups excluding carboxylic acids is 1. The molecule has 0 unspecified atom stereocenters. The van der Waals surface area contributed by atoms with Crippen molar-refractivity contribution >= 4 is 29.3 Å². The van der Waals surface area contributed by atoms with Crippen LogP contribution in [0.2, 0.25) is 5.02 Å². The van der Waals surface area contributed by atoms with E-state index in [2.05, 4.69) is 15.5 Å². The minimum atomic E-state index is -0.361. The van der Waals surface area contributed by atoms with Gasteiger partial charge in [0, 0.05) is 22.2 Å². The third kappa shape index (κ3) is 3.68. The van der Waals surface area contributed by atoms with Crippen molar-refractivity contribution in [3.63, 3.8) is 0 Å². The predicted octanol–water partition coefficient (Wildman–Crippen LogP) is 2.60. The van der Waals surface area contributed by atoms with Crippen LogP contribution >= 0.6 is 23.4 Å². The molecule has 0 atom stereocenters. The van der Waals surface area contributed by atoms with Crippen LogP contribution in [0.1, 0.15) is 16.2 Å². The van der Waals surface area contributed by atoms with Crippen LogP contribution in [0, 0.1) is 6.92 Å². The van der Waals surface area contributed by atoms with Gasteiger partial charge in [0.05, 0.1) is 0 Å². The lowest BCUT2D eigenvalue weighted by atomic mass is 10.3. The van der Waals surface area contributed by atoms with E-state index < -0.39 is 0 Å². The van der Waals surface area contributed by atoms with Gasteiger partial charge in [-0.3, -0.25) is 9.89 Å². The van der Waals surface area contributed by atoms with Crippen molar-refractivity contribution in [3.05, 3.63) is 40.7 Å². The monoisotopic (exact) mass is 311 g/mol. The number of nitrogens with one attached hydrogen (secondary N) is 2. The third-order valence-electron chi connectivity index (χ3n) is 2.61. The number of nitrogens with zero attached hydrogens (tertiary/aromatic N) is 1. The smallest absolute Gasteiger partial charge is 0.273 e. The Balaban J connectivity index is 1.77. The molecule has 2 aromatic rings. The molecule has 106 valence electrons. The molecule has 0 aliphatic rings. The average Bonchev–Trinajstić information content (AvgIpc) is 2.77. The fraction of sp³-hybridized carbons (Fsp3) is 0.231. The summed E-state index contributed by atoms with van der Waals surface area (Å²) in [5.74, 6) is 0.258. The molecule has 5 nitrogen and oxygen atoms in total. The van der Waals surface area contributed by atoms with E-state index in [1.165, 1.54) is 0 Å². The zero-order valence-corrected chi connectivity index (χ0v) is 12.4. The van der Waals surface area contributed by atoms with E-state index in [0.29, 0.717) is 17.3 Å². The van der Waals surface area contributed by atoms with E-state index in [1.54, 1.807) is 18.7 Å². The molecular weight excluding hydrogens is 298 g/mol. The third-order valence-corrected chi connectivity index (χ3v) is 3.88. The number of thioether (sulfide) groups is 1. The SMILES string of the molecule is Cc1n[nH]c(C(=O)NCCSc2ccc(Cl)cc2)c1O. The Hall–Kier alpha value is -1.66. The molecule has 1 heterocycles. The maximum Gasteiger partial charge on any atom is 0.273 e. The molecule has 20 heavy (non-hydrogen) atoms. The van der Waals surface area contributed by atoms with Gasteiger partial charge < -0.3 is 10.4 Å². The second kappa shape index (κ2) is 6.67. The van der Waals surface area contributed by atoms with Crippen LogP contribution in [0.4, 0.5) is 0 Å². The molecule has 0 saturated heterocycles. The first kappa shape index (κ1) is 14.7. The molecule has 3 N–H and O–H groups in total. The summed E-state index contributed by atoms with van der Waals surface area (Å²) in [4.78, 5) is 12.9. The summed E-state index contributed by atoms with van der Waals surface area (Å²) in [5.41, 5.74) is 0.504. The number of halogens is 1. The number of aromatic hydroxyl groups is 1. The highest BCUT2D eigenvalue weighted by molar-refractivity contribution is 7.99. The van der Waals surface area contributed by atoms with Crippen molar-refractivity contribution in [3.8, 4) is 5.75 Å². The number of aryl methyl sites for hydroxylation is 1. The summed E-state index contributed by atoms with van der Waals surface area (Å²) in [6.07, 6.45) is 0. The highest BCUT2D eigenvalue weighted by atomic mass is 35.5. The van der Waals surface area contributed by atoms with Crippen LogP contribution in [-0.4, -0.2) is 33.5 Å². The number of hydrogen-bond acceptors (Lipinski definition) is 4. The van der Waals surface area contributed by atoms with Crippen molar-refractivity contribution in [2.24, 2.45) is 0 Å². The topological polar surface area (TPSA) is 78.0 Å². The Morgan fingerprint density at radius 2 is 2.15 bits per heavy atom. The van der Waals surface area contributed by atoms with Crippen LogP contribution in [0.5, 0.6) is 5.75 Å². The van der Waals surface area contributed by atoms with Gasteiger partial charge in [0.15, 0.2) is 11.4 Å².